The number of rotatable bonds is 4. The summed E-state index contributed by atoms with van der Waals surface area (Å²) in [7, 11) is -3.36. The number of aromatic hydroxyl groups is 1. The number of sulfonamides is 1. The first-order chi connectivity index (χ1) is 13.8. The Balaban J connectivity index is 1.52. The normalized spacial score (nSPS) is 18.3. The Hall–Kier alpha value is -3.07. The molecule has 0 radical (unpaired) electrons. The number of phenols is 1. The lowest BCUT2D eigenvalue weighted by Gasteiger charge is -2.18. The van der Waals surface area contributed by atoms with Gasteiger partial charge in [-0.15, -0.1) is 0 Å². The van der Waals surface area contributed by atoms with E-state index < -0.39 is 15.9 Å². The van der Waals surface area contributed by atoms with Crippen LogP contribution >= 0.6 is 0 Å². The van der Waals surface area contributed by atoms with Crippen molar-refractivity contribution in [2.75, 3.05) is 33.4 Å². The van der Waals surface area contributed by atoms with Crippen LogP contribution in [0.4, 0.5) is 17.1 Å². The molecule has 9 heteroatoms. The summed E-state index contributed by atoms with van der Waals surface area (Å²) in [5.41, 5.74) is 1.64. The molecule has 0 aromatic heterocycles. The summed E-state index contributed by atoms with van der Waals surface area (Å²) in [4.78, 5) is 26.1. The highest BCUT2D eigenvalue weighted by atomic mass is 32.2. The Bertz CT molecular complexity index is 1070. The number of nitrogens with zero attached hydrogens (tertiary/aromatic N) is 2. The van der Waals surface area contributed by atoms with E-state index in [0.29, 0.717) is 37.2 Å². The van der Waals surface area contributed by atoms with E-state index in [2.05, 4.69) is 5.32 Å². The van der Waals surface area contributed by atoms with Gasteiger partial charge in [0.05, 0.1) is 17.1 Å². The molecular formula is C20H21N3O5S. The predicted molar refractivity (Wildman–Crippen MR) is 110 cm³/mol. The van der Waals surface area contributed by atoms with Gasteiger partial charge in [0.15, 0.2) is 0 Å². The first kappa shape index (κ1) is 19.3. The average molecular weight is 415 g/mol. The van der Waals surface area contributed by atoms with Crippen LogP contribution in [0.5, 0.6) is 5.75 Å². The molecule has 2 N–H and O–H groups in total. The van der Waals surface area contributed by atoms with Crippen molar-refractivity contribution in [2.45, 2.75) is 19.3 Å². The van der Waals surface area contributed by atoms with Crippen molar-refractivity contribution in [1.82, 2.24) is 0 Å². The van der Waals surface area contributed by atoms with Crippen LogP contribution in [0, 0.1) is 0 Å². The van der Waals surface area contributed by atoms with E-state index in [1.165, 1.54) is 22.5 Å². The van der Waals surface area contributed by atoms with Crippen LogP contribution in [0.25, 0.3) is 0 Å². The highest BCUT2D eigenvalue weighted by Gasteiger charge is 2.29. The van der Waals surface area contributed by atoms with Crippen LogP contribution in [-0.4, -0.2) is 44.2 Å². The molecule has 2 aliphatic heterocycles. The fraction of sp³-hybridized carbons (Fsp3) is 0.300. The van der Waals surface area contributed by atoms with Crippen molar-refractivity contribution in [3.8, 4) is 5.75 Å². The van der Waals surface area contributed by atoms with Crippen molar-refractivity contribution in [3.63, 3.8) is 0 Å². The lowest BCUT2D eigenvalue weighted by molar-refractivity contribution is -0.117. The Morgan fingerprint density at radius 3 is 2.34 bits per heavy atom. The highest BCUT2D eigenvalue weighted by Crippen LogP contribution is 2.32. The fourth-order valence-electron chi connectivity index (χ4n) is 3.62. The van der Waals surface area contributed by atoms with Gasteiger partial charge in [0.1, 0.15) is 5.75 Å². The van der Waals surface area contributed by atoms with E-state index >= 15 is 0 Å². The average Bonchev–Trinajstić information content (AvgIpc) is 3.28. The van der Waals surface area contributed by atoms with Crippen LogP contribution in [-0.2, 0) is 14.8 Å². The summed E-state index contributed by atoms with van der Waals surface area (Å²) < 4.78 is 25.5. The lowest BCUT2D eigenvalue weighted by atomic mass is 10.1. The fourth-order valence-corrected chi connectivity index (χ4v) is 5.17. The number of carbonyl (C=O) groups excluding carboxylic acids is 2. The first-order valence-corrected chi connectivity index (χ1v) is 11.0. The summed E-state index contributed by atoms with van der Waals surface area (Å²) in [6, 6.07) is 11.0. The quantitative estimate of drug-likeness (QED) is 0.746. The third-order valence-electron chi connectivity index (χ3n) is 5.13. The molecule has 0 bridgehead atoms. The molecule has 0 unspecified atom stereocenters. The smallest absolute Gasteiger partial charge is 0.255 e. The molecule has 8 nitrogen and oxygen atoms in total. The minimum Gasteiger partial charge on any atom is -0.506 e. The second-order valence-electron chi connectivity index (χ2n) is 7.09. The third kappa shape index (κ3) is 3.77. The zero-order valence-corrected chi connectivity index (χ0v) is 16.5. The zero-order valence-electron chi connectivity index (χ0n) is 15.7. The molecule has 2 aromatic rings. The van der Waals surface area contributed by atoms with E-state index in [0.717, 1.165) is 12.1 Å². The van der Waals surface area contributed by atoms with Crippen molar-refractivity contribution in [1.29, 1.82) is 0 Å². The van der Waals surface area contributed by atoms with Crippen LogP contribution in [0.1, 0.15) is 29.6 Å². The number of hydrogen-bond donors (Lipinski definition) is 2. The Morgan fingerprint density at radius 2 is 1.72 bits per heavy atom. The van der Waals surface area contributed by atoms with E-state index in [1.54, 1.807) is 29.2 Å². The molecule has 2 saturated heterocycles. The summed E-state index contributed by atoms with van der Waals surface area (Å²) in [6.45, 7) is 1.04. The van der Waals surface area contributed by atoms with Gasteiger partial charge in [-0.2, -0.15) is 0 Å². The van der Waals surface area contributed by atoms with Gasteiger partial charge >= 0.3 is 0 Å². The monoisotopic (exact) mass is 415 g/mol. The van der Waals surface area contributed by atoms with E-state index in [4.69, 9.17) is 0 Å². The minimum atomic E-state index is -3.36. The molecule has 2 amide bonds. The summed E-state index contributed by atoms with van der Waals surface area (Å²) in [6.07, 6.45) is 1.89. The lowest BCUT2D eigenvalue weighted by Crippen LogP contribution is -2.25. The van der Waals surface area contributed by atoms with Gasteiger partial charge in [0, 0.05) is 30.8 Å². The molecule has 2 fully saturated rings. The van der Waals surface area contributed by atoms with Crippen LogP contribution < -0.4 is 14.5 Å². The maximum atomic E-state index is 12.6. The molecule has 0 aliphatic carbocycles. The first-order valence-electron chi connectivity index (χ1n) is 9.40. The van der Waals surface area contributed by atoms with Gasteiger partial charge in [0.25, 0.3) is 5.91 Å². The predicted octanol–water partition coefficient (Wildman–Crippen LogP) is 2.31. The number of hydrogen-bond acceptors (Lipinski definition) is 5. The van der Waals surface area contributed by atoms with Crippen molar-refractivity contribution < 1.29 is 23.1 Å². The number of nitrogens with one attached hydrogen (secondary N) is 1. The Kier molecular flexibility index (Phi) is 4.91. The molecule has 0 saturated carbocycles. The molecule has 4 rings (SSSR count). The summed E-state index contributed by atoms with van der Waals surface area (Å²) in [5, 5.41) is 12.7. The number of benzene rings is 2. The maximum absolute atomic E-state index is 12.6. The maximum Gasteiger partial charge on any atom is 0.255 e. The van der Waals surface area contributed by atoms with Gasteiger partial charge in [-0.1, -0.05) is 0 Å². The summed E-state index contributed by atoms with van der Waals surface area (Å²) >= 11 is 0. The van der Waals surface area contributed by atoms with Gasteiger partial charge in [-0.05, 0) is 55.3 Å². The summed E-state index contributed by atoms with van der Waals surface area (Å²) in [5.74, 6) is -0.443. The SMILES string of the molecule is O=C(Nc1cc(N2CCCS2(=O)=O)ccc1O)c1ccc(N2CCCC2=O)cc1. The largest absolute Gasteiger partial charge is 0.506 e. The standard InChI is InChI=1S/C20H21N3O5S/c24-18-9-8-16(23-11-2-12-29(23,27)28)13-17(18)21-20(26)14-4-6-15(7-5-14)22-10-1-3-19(22)25/h4-9,13,24H,1-3,10-12H2,(H,21,26). The second kappa shape index (κ2) is 7.40. The Labute approximate surface area is 168 Å². The molecule has 29 heavy (non-hydrogen) atoms. The molecule has 2 aliphatic rings. The van der Waals surface area contributed by atoms with Crippen LogP contribution in [0.2, 0.25) is 0 Å². The number of amides is 2. The molecule has 0 atom stereocenters. The number of carbonyl (C=O) groups is 2. The molecule has 152 valence electrons. The zero-order chi connectivity index (χ0) is 20.6. The topological polar surface area (TPSA) is 107 Å². The van der Waals surface area contributed by atoms with Gasteiger partial charge in [-0.3, -0.25) is 13.9 Å². The van der Waals surface area contributed by atoms with E-state index in [-0.39, 0.29) is 23.1 Å². The van der Waals surface area contributed by atoms with Crippen molar-refractivity contribution in [3.05, 3.63) is 48.0 Å². The van der Waals surface area contributed by atoms with Crippen LogP contribution in [0.3, 0.4) is 0 Å². The third-order valence-corrected chi connectivity index (χ3v) is 7.00. The Morgan fingerprint density at radius 1 is 1.00 bits per heavy atom. The minimum absolute atomic E-state index is 0.0702. The molecule has 2 aromatic carbocycles. The molecule has 2 heterocycles. The van der Waals surface area contributed by atoms with Crippen molar-refractivity contribution in [2.24, 2.45) is 0 Å². The second-order valence-corrected chi connectivity index (χ2v) is 9.11. The van der Waals surface area contributed by atoms with E-state index in [1.807, 2.05) is 0 Å². The highest BCUT2D eigenvalue weighted by molar-refractivity contribution is 7.93. The van der Waals surface area contributed by atoms with E-state index in [9.17, 15) is 23.1 Å². The van der Waals surface area contributed by atoms with Crippen LogP contribution in [0.15, 0.2) is 42.5 Å². The van der Waals surface area contributed by atoms with Gasteiger partial charge in [-0.25, -0.2) is 8.42 Å². The van der Waals surface area contributed by atoms with Gasteiger partial charge < -0.3 is 15.3 Å². The van der Waals surface area contributed by atoms with Crippen molar-refractivity contribution >= 4 is 38.9 Å². The van der Waals surface area contributed by atoms with Gasteiger partial charge in [0.2, 0.25) is 15.9 Å². The molecular weight excluding hydrogens is 394 g/mol. The number of anilines is 3. The molecule has 0 spiro atoms. The number of phenolic OH excluding ortho intramolecular Hbond substituents is 1.